The predicted molar refractivity (Wildman–Crippen MR) is 128 cm³/mol. The minimum absolute atomic E-state index is 0.270. The molecule has 0 fully saturated rings. The van der Waals surface area contributed by atoms with Crippen LogP contribution in [0, 0.1) is 0 Å². The molecule has 1 heterocycles. The van der Waals surface area contributed by atoms with Crippen molar-refractivity contribution in [2.45, 2.75) is 110 Å². The van der Waals surface area contributed by atoms with Gasteiger partial charge in [-0.3, -0.25) is 0 Å². The molecule has 0 aliphatic rings. The fourth-order valence-electron chi connectivity index (χ4n) is 3.83. The van der Waals surface area contributed by atoms with Gasteiger partial charge in [0.1, 0.15) is 12.6 Å². The molecule has 188 valence electrons. The van der Waals surface area contributed by atoms with Crippen LogP contribution in [0.2, 0.25) is 0 Å². The van der Waals surface area contributed by atoms with Crippen molar-refractivity contribution >= 4 is 12.6 Å². The quantitative estimate of drug-likeness (QED) is 0.203. The highest BCUT2D eigenvalue weighted by Gasteiger charge is 2.15. The summed E-state index contributed by atoms with van der Waals surface area (Å²) in [5.41, 5.74) is -1.60. The van der Waals surface area contributed by atoms with Gasteiger partial charge in [0.25, 0.3) is 0 Å². The van der Waals surface area contributed by atoms with E-state index in [1.54, 1.807) is 7.11 Å². The first-order chi connectivity index (χ1) is 16.1. The molecule has 0 atom stereocenters. The summed E-state index contributed by atoms with van der Waals surface area (Å²) in [7, 11) is 1.66. The molecule has 9 nitrogen and oxygen atoms in total. The Hall–Kier alpha value is -2.29. The lowest BCUT2D eigenvalue weighted by Gasteiger charge is -2.14. The van der Waals surface area contributed by atoms with Crippen LogP contribution in [0.4, 0.5) is 0 Å². The molecule has 9 heteroatoms. The number of carbonyl (C=O) groups is 2. The van der Waals surface area contributed by atoms with Crippen molar-refractivity contribution in [3.63, 3.8) is 0 Å². The van der Waals surface area contributed by atoms with Crippen LogP contribution in [0.25, 0.3) is 0 Å². The average Bonchev–Trinajstić information content (AvgIpc) is 2.81. The normalized spacial score (nSPS) is 11.1. The van der Waals surface area contributed by atoms with Crippen LogP contribution >= 0.6 is 0 Å². The Morgan fingerprint density at radius 2 is 0.879 bits per heavy atom. The van der Waals surface area contributed by atoms with Gasteiger partial charge in [0.2, 0.25) is 0 Å². The Morgan fingerprint density at radius 1 is 0.545 bits per heavy atom. The van der Waals surface area contributed by atoms with Crippen LogP contribution in [-0.2, 0) is 34.0 Å². The maximum atomic E-state index is 13.0. The molecular weight excluding hydrogens is 426 g/mol. The van der Waals surface area contributed by atoms with Crippen LogP contribution in [0.5, 0.6) is 0 Å². The van der Waals surface area contributed by atoms with E-state index >= 15 is 0 Å². The van der Waals surface area contributed by atoms with Crippen molar-refractivity contribution in [2.24, 2.45) is 0 Å². The molecule has 0 saturated heterocycles. The van der Waals surface area contributed by atoms with E-state index in [1.165, 1.54) is 13.7 Å². The second-order valence-corrected chi connectivity index (χ2v) is 8.45. The number of unbranched alkanes of at least 4 members (excludes halogenated alkanes) is 11. The first kappa shape index (κ1) is 28.7. The molecular formula is C24H41N3O6. The second-order valence-electron chi connectivity index (χ2n) is 8.45. The summed E-state index contributed by atoms with van der Waals surface area (Å²) >= 11 is 0. The van der Waals surface area contributed by atoms with E-state index in [4.69, 9.17) is 4.74 Å². The summed E-state index contributed by atoms with van der Waals surface area (Å²) in [5, 5.41) is 0. The number of hydrogen-bond donors (Lipinski definition) is 0. The van der Waals surface area contributed by atoms with Crippen LogP contribution in [-0.4, -0.2) is 40.0 Å². The monoisotopic (exact) mass is 467 g/mol. The van der Waals surface area contributed by atoms with Crippen molar-refractivity contribution in [1.29, 1.82) is 0 Å². The fourth-order valence-corrected chi connectivity index (χ4v) is 3.83. The van der Waals surface area contributed by atoms with Gasteiger partial charge in [0.05, 0.1) is 0 Å². The maximum Gasteiger partial charge on any atom is 0.336 e. The number of carbonyl (C=O) groups excluding carboxylic acids is 2. The summed E-state index contributed by atoms with van der Waals surface area (Å²) in [6.45, 7) is 1.53. The summed E-state index contributed by atoms with van der Waals surface area (Å²) < 4.78 is 8.64. The standard InChI is InChI=1S/C24H41N3O6/c1-33-21-15-9-6-12-18-27-23(31)25(16-10-4-2-7-13-19-28)22(30)26(24(27)32)17-11-5-3-8-14-20-29/h19-20H,2-18,21H2,1H3. The van der Waals surface area contributed by atoms with Crippen molar-refractivity contribution in [1.82, 2.24) is 13.7 Å². The molecule has 0 aliphatic heterocycles. The van der Waals surface area contributed by atoms with Gasteiger partial charge in [-0.25, -0.2) is 28.1 Å². The second kappa shape index (κ2) is 18.2. The number of nitrogens with zero attached hydrogens (tertiary/aromatic N) is 3. The lowest BCUT2D eigenvalue weighted by Crippen LogP contribution is -2.54. The third-order valence-corrected chi connectivity index (χ3v) is 5.77. The zero-order valence-corrected chi connectivity index (χ0v) is 20.2. The van der Waals surface area contributed by atoms with Crippen molar-refractivity contribution in [3.05, 3.63) is 31.5 Å². The Kier molecular flexibility index (Phi) is 15.8. The zero-order chi connectivity index (χ0) is 24.3. The van der Waals surface area contributed by atoms with E-state index in [1.807, 2.05) is 0 Å². The fraction of sp³-hybridized carbons (Fsp3) is 0.792. The van der Waals surface area contributed by atoms with Gasteiger partial charge < -0.3 is 14.3 Å². The Bertz CT molecular complexity index is 797. The summed E-state index contributed by atoms with van der Waals surface area (Å²) in [4.78, 5) is 59.7. The average molecular weight is 468 g/mol. The molecule has 0 radical (unpaired) electrons. The lowest BCUT2D eigenvalue weighted by molar-refractivity contribution is -0.108. The van der Waals surface area contributed by atoms with Gasteiger partial charge >= 0.3 is 17.1 Å². The molecule has 0 amide bonds. The summed E-state index contributed by atoms with van der Waals surface area (Å²) in [6, 6.07) is 0. The summed E-state index contributed by atoms with van der Waals surface area (Å²) in [5.74, 6) is 0. The first-order valence-corrected chi connectivity index (χ1v) is 12.4. The molecule has 33 heavy (non-hydrogen) atoms. The van der Waals surface area contributed by atoms with E-state index in [0.29, 0.717) is 45.3 Å². The number of ether oxygens (including phenoxy) is 1. The maximum absolute atomic E-state index is 13.0. The molecule has 1 rings (SSSR count). The minimum Gasteiger partial charge on any atom is -0.385 e. The highest BCUT2D eigenvalue weighted by molar-refractivity contribution is 5.49. The van der Waals surface area contributed by atoms with Crippen molar-refractivity contribution in [2.75, 3.05) is 13.7 Å². The van der Waals surface area contributed by atoms with Gasteiger partial charge in [-0.05, 0) is 38.5 Å². The smallest absolute Gasteiger partial charge is 0.336 e. The van der Waals surface area contributed by atoms with Crippen LogP contribution in [0.1, 0.15) is 89.9 Å². The highest BCUT2D eigenvalue weighted by atomic mass is 16.5. The van der Waals surface area contributed by atoms with Gasteiger partial charge in [0, 0.05) is 46.2 Å². The van der Waals surface area contributed by atoms with Gasteiger partial charge in [-0.1, -0.05) is 38.5 Å². The Balaban J connectivity index is 2.91. The number of aromatic nitrogens is 3. The van der Waals surface area contributed by atoms with Crippen LogP contribution in [0.15, 0.2) is 14.4 Å². The van der Waals surface area contributed by atoms with Gasteiger partial charge in [-0.15, -0.1) is 0 Å². The van der Waals surface area contributed by atoms with E-state index in [-0.39, 0.29) is 13.1 Å². The minimum atomic E-state index is -0.540. The third kappa shape index (κ3) is 10.9. The molecule has 0 spiro atoms. The van der Waals surface area contributed by atoms with E-state index in [2.05, 4.69) is 0 Å². The molecule has 0 aromatic carbocycles. The molecule has 1 aromatic heterocycles. The van der Waals surface area contributed by atoms with Gasteiger partial charge in [-0.2, -0.15) is 0 Å². The van der Waals surface area contributed by atoms with Crippen LogP contribution < -0.4 is 17.1 Å². The molecule has 0 unspecified atom stereocenters. The SMILES string of the molecule is COCCCCCCn1c(=O)n(CCCCCCC=O)c(=O)n(CCCCCCC=O)c1=O. The molecule has 0 saturated carbocycles. The third-order valence-electron chi connectivity index (χ3n) is 5.77. The predicted octanol–water partition coefficient (Wildman–Crippen LogP) is 2.68. The molecule has 0 aliphatic carbocycles. The molecule has 1 aromatic rings. The molecule has 0 N–H and O–H groups in total. The number of rotatable bonds is 21. The summed E-state index contributed by atoms with van der Waals surface area (Å²) in [6.07, 6.45) is 12.5. The number of hydrogen-bond acceptors (Lipinski definition) is 6. The Labute approximate surface area is 195 Å². The van der Waals surface area contributed by atoms with E-state index in [0.717, 1.165) is 70.4 Å². The van der Waals surface area contributed by atoms with E-state index < -0.39 is 17.1 Å². The highest BCUT2D eigenvalue weighted by Crippen LogP contribution is 2.04. The van der Waals surface area contributed by atoms with Crippen molar-refractivity contribution in [3.8, 4) is 0 Å². The zero-order valence-electron chi connectivity index (χ0n) is 20.2. The van der Waals surface area contributed by atoms with Crippen molar-refractivity contribution < 1.29 is 14.3 Å². The first-order valence-electron chi connectivity index (χ1n) is 12.4. The lowest BCUT2D eigenvalue weighted by atomic mass is 10.1. The van der Waals surface area contributed by atoms with E-state index in [9.17, 15) is 24.0 Å². The number of aldehydes is 2. The largest absolute Gasteiger partial charge is 0.385 e. The number of methoxy groups -OCH3 is 1. The van der Waals surface area contributed by atoms with Crippen LogP contribution in [0.3, 0.4) is 0 Å². The Morgan fingerprint density at radius 3 is 1.21 bits per heavy atom. The molecule has 0 bridgehead atoms. The van der Waals surface area contributed by atoms with Gasteiger partial charge in [0.15, 0.2) is 0 Å². The topological polar surface area (TPSA) is 109 Å².